The number of piperazine rings is 1. The van der Waals surface area contributed by atoms with Crippen LogP contribution in [0.4, 0.5) is 5.69 Å². The molecule has 5 rings (SSSR count). The van der Waals surface area contributed by atoms with E-state index in [1.807, 2.05) is 44.1 Å². The van der Waals surface area contributed by atoms with Crippen LogP contribution in [0.25, 0.3) is 26.9 Å². The summed E-state index contributed by atoms with van der Waals surface area (Å²) in [7, 11) is 0. The Morgan fingerprint density at radius 2 is 1.95 bits per heavy atom. The summed E-state index contributed by atoms with van der Waals surface area (Å²) in [4.78, 5) is 26.1. The van der Waals surface area contributed by atoms with Crippen LogP contribution in [0.2, 0.25) is 0 Å². The molecule has 4 heterocycles. The summed E-state index contributed by atoms with van der Waals surface area (Å²) >= 11 is 1.68. The fourth-order valence-electron chi connectivity index (χ4n) is 4.78. The van der Waals surface area contributed by atoms with Gasteiger partial charge in [-0.25, -0.2) is 4.98 Å². The van der Waals surface area contributed by atoms with E-state index in [1.165, 1.54) is 15.8 Å². The van der Waals surface area contributed by atoms with Crippen molar-refractivity contribution in [2.45, 2.75) is 40.2 Å². The Kier molecular flexibility index (Phi) is 7.58. The van der Waals surface area contributed by atoms with Crippen LogP contribution in [-0.4, -0.2) is 69.9 Å². The number of rotatable bonds is 8. The summed E-state index contributed by atoms with van der Waals surface area (Å²) in [6.07, 6.45) is 4.42. The standard InChI is InChI=1S/C29H34N6O2S/c1-18(2)37-17-27(36)35-12-10-34(11-13-35)23-8-9-30-22(15-23)14-19(3)29-32-26-7-6-24(20(4)28(26)38-29)25-16-31-33-21(25)5/h6-9,15-16,18H,3,10-14,17H2,1-2,4-5H3,(H,31,33). The maximum Gasteiger partial charge on any atom is 0.248 e. The van der Waals surface area contributed by atoms with Gasteiger partial charge >= 0.3 is 0 Å². The molecule has 1 aliphatic heterocycles. The SMILES string of the molecule is C=C(Cc1cc(N2CCN(C(=O)COC(C)C)CC2)ccn1)c1nc2ccc(-c3cn[nH]c3C)c(C)c2s1. The Morgan fingerprint density at radius 1 is 1.16 bits per heavy atom. The molecular weight excluding hydrogens is 496 g/mol. The maximum absolute atomic E-state index is 12.4. The van der Waals surface area contributed by atoms with Gasteiger partial charge in [0.1, 0.15) is 11.6 Å². The third-order valence-electron chi connectivity index (χ3n) is 6.96. The Bertz CT molecular complexity index is 1470. The minimum Gasteiger partial charge on any atom is -0.369 e. The maximum atomic E-state index is 12.4. The molecule has 0 bridgehead atoms. The molecule has 4 aromatic rings. The molecule has 38 heavy (non-hydrogen) atoms. The summed E-state index contributed by atoms with van der Waals surface area (Å²) in [5.74, 6) is 0.0585. The van der Waals surface area contributed by atoms with Gasteiger partial charge in [0.15, 0.2) is 0 Å². The molecule has 0 atom stereocenters. The second kappa shape index (κ2) is 11.0. The predicted molar refractivity (Wildman–Crippen MR) is 154 cm³/mol. The molecule has 3 aromatic heterocycles. The normalized spacial score (nSPS) is 14.0. The Morgan fingerprint density at radius 3 is 2.66 bits per heavy atom. The number of fused-ring (bicyclic) bond motifs is 1. The molecular formula is C29H34N6O2S. The van der Waals surface area contributed by atoms with Crippen LogP contribution >= 0.6 is 11.3 Å². The van der Waals surface area contributed by atoms with Crippen LogP contribution in [-0.2, 0) is 16.0 Å². The first-order chi connectivity index (χ1) is 18.3. The number of thiazole rings is 1. The number of amides is 1. The smallest absolute Gasteiger partial charge is 0.248 e. The van der Waals surface area contributed by atoms with Gasteiger partial charge in [0.25, 0.3) is 0 Å². The lowest BCUT2D eigenvalue weighted by molar-refractivity contribution is -0.137. The number of aromatic nitrogens is 4. The Hall–Kier alpha value is -3.56. The van der Waals surface area contributed by atoms with Gasteiger partial charge in [0.05, 0.1) is 22.5 Å². The number of aryl methyl sites for hydroxylation is 2. The van der Waals surface area contributed by atoms with E-state index in [0.717, 1.165) is 51.8 Å². The number of nitrogens with zero attached hydrogens (tertiary/aromatic N) is 5. The Balaban J connectivity index is 1.25. The number of benzene rings is 1. The number of carbonyl (C=O) groups is 1. The first kappa shape index (κ1) is 26.1. The number of H-pyrrole nitrogens is 1. The van der Waals surface area contributed by atoms with E-state index in [0.29, 0.717) is 19.5 Å². The molecule has 1 fully saturated rings. The Labute approximate surface area is 227 Å². The van der Waals surface area contributed by atoms with Crippen LogP contribution in [0, 0.1) is 13.8 Å². The van der Waals surface area contributed by atoms with Crippen molar-refractivity contribution in [3.63, 3.8) is 0 Å². The lowest BCUT2D eigenvalue weighted by atomic mass is 10.0. The first-order valence-electron chi connectivity index (χ1n) is 13.0. The number of pyridine rings is 1. The van der Waals surface area contributed by atoms with Gasteiger partial charge in [0, 0.05) is 61.4 Å². The molecule has 0 unspecified atom stereocenters. The fourth-order valence-corrected chi connectivity index (χ4v) is 5.82. The largest absolute Gasteiger partial charge is 0.369 e. The number of carbonyl (C=O) groups excluding carboxylic acids is 1. The fraction of sp³-hybridized carbons (Fsp3) is 0.379. The average Bonchev–Trinajstić information content (AvgIpc) is 3.55. The van der Waals surface area contributed by atoms with E-state index in [-0.39, 0.29) is 18.6 Å². The van der Waals surface area contributed by atoms with Gasteiger partial charge in [-0.15, -0.1) is 11.3 Å². The summed E-state index contributed by atoms with van der Waals surface area (Å²) in [5.41, 5.74) is 8.58. The van der Waals surface area contributed by atoms with Crippen molar-refractivity contribution < 1.29 is 9.53 Å². The lowest BCUT2D eigenvalue weighted by Crippen LogP contribution is -2.50. The van der Waals surface area contributed by atoms with Gasteiger partial charge in [-0.1, -0.05) is 12.6 Å². The number of hydrogen-bond donors (Lipinski definition) is 1. The molecule has 9 heteroatoms. The highest BCUT2D eigenvalue weighted by atomic mass is 32.1. The molecule has 1 N–H and O–H groups in total. The van der Waals surface area contributed by atoms with Crippen molar-refractivity contribution in [2.24, 2.45) is 0 Å². The van der Waals surface area contributed by atoms with Crippen LogP contribution in [0.5, 0.6) is 0 Å². The zero-order valence-corrected chi connectivity index (χ0v) is 23.3. The average molecular weight is 531 g/mol. The zero-order chi connectivity index (χ0) is 26.8. The van der Waals surface area contributed by atoms with Gasteiger partial charge in [0.2, 0.25) is 5.91 Å². The highest BCUT2D eigenvalue weighted by molar-refractivity contribution is 7.19. The highest BCUT2D eigenvalue weighted by Gasteiger charge is 2.22. The summed E-state index contributed by atoms with van der Waals surface area (Å²) in [5, 5.41) is 8.15. The highest BCUT2D eigenvalue weighted by Crippen LogP contribution is 2.36. The summed E-state index contributed by atoms with van der Waals surface area (Å²) in [6.45, 7) is 15.5. The number of nitrogens with one attached hydrogen (secondary N) is 1. The minimum absolute atomic E-state index is 0.0564. The molecule has 0 radical (unpaired) electrons. The van der Waals surface area contributed by atoms with Crippen LogP contribution < -0.4 is 4.90 Å². The number of allylic oxidation sites excluding steroid dienone is 1. The van der Waals surface area contributed by atoms with Crippen molar-refractivity contribution in [3.8, 4) is 11.1 Å². The molecule has 1 aliphatic rings. The third kappa shape index (κ3) is 5.49. The van der Waals surface area contributed by atoms with E-state index in [2.05, 4.69) is 51.8 Å². The van der Waals surface area contributed by atoms with Crippen molar-refractivity contribution in [1.29, 1.82) is 0 Å². The van der Waals surface area contributed by atoms with E-state index < -0.39 is 0 Å². The molecule has 1 saturated heterocycles. The van der Waals surface area contributed by atoms with Gasteiger partial charge in [-0.05, 0) is 62.6 Å². The van der Waals surface area contributed by atoms with E-state index in [9.17, 15) is 4.79 Å². The quantitative estimate of drug-likeness (QED) is 0.344. The minimum atomic E-state index is 0.0564. The number of anilines is 1. The molecule has 0 aliphatic carbocycles. The second-order valence-corrected chi connectivity index (χ2v) is 11.0. The third-order valence-corrected chi connectivity index (χ3v) is 8.25. The van der Waals surface area contributed by atoms with E-state index in [1.54, 1.807) is 11.3 Å². The van der Waals surface area contributed by atoms with Crippen LogP contribution in [0.15, 0.2) is 43.2 Å². The van der Waals surface area contributed by atoms with Crippen molar-refractivity contribution >= 4 is 38.7 Å². The molecule has 198 valence electrons. The van der Waals surface area contributed by atoms with Crippen molar-refractivity contribution in [1.82, 2.24) is 25.1 Å². The van der Waals surface area contributed by atoms with E-state index in [4.69, 9.17) is 9.72 Å². The van der Waals surface area contributed by atoms with Crippen LogP contribution in [0.3, 0.4) is 0 Å². The summed E-state index contributed by atoms with van der Waals surface area (Å²) < 4.78 is 6.65. The zero-order valence-electron chi connectivity index (χ0n) is 22.5. The first-order valence-corrected chi connectivity index (χ1v) is 13.8. The lowest BCUT2D eigenvalue weighted by Gasteiger charge is -2.36. The molecule has 0 spiro atoms. The number of ether oxygens (including phenoxy) is 1. The molecule has 8 nitrogen and oxygen atoms in total. The molecule has 1 amide bonds. The monoisotopic (exact) mass is 530 g/mol. The molecule has 1 aromatic carbocycles. The second-order valence-electron chi connectivity index (χ2n) is 10.0. The van der Waals surface area contributed by atoms with Gasteiger partial charge in [-0.3, -0.25) is 14.9 Å². The van der Waals surface area contributed by atoms with Gasteiger partial charge in [-0.2, -0.15) is 5.10 Å². The molecule has 0 saturated carbocycles. The van der Waals surface area contributed by atoms with Gasteiger partial charge < -0.3 is 14.5 Å². The number of aromatic amines is 1. The van der Waals surface area contributed by atoms with Crippen molar-refractivity contribution in [3.05, 3.63) is 65.2 Å². The van der Waals surface area contributed by atoms with Crippen molar-refractivity contribution in [2.75, 3.05) is 37.7 Å². The predicted octanol–water partition coefficient (Wildman–Crippen LogP) is 5.03. The van der Waals surface area contributed by atoms with Crippen LogP contribution in [0.1, 0.15) is 35.8 Å². The summed E-state index contributed by atoms with van der Waals surface area (Å²) in [6, 6.07) is 8.36. The number of hydrogen-bond acceptors (Lipinski definition) is 7. The topological polar surface area (TPSA) is 87.2 Å². The van der Waals surface area contributed by atoms with E-state index >= 15 is 0 Å².